The van der Waals surface area contributed by atoms with Gasteiger partial charge in [0.05, 0.1) is 12.5 Å². The summed E-state index contributed by atoms with van der Waals surface area (Å²) in [5, 5.41) is 8.81. The highest BCUT2D eigenvalue weighted by molar-refractivity contribution is 5.06. The summed E-state index contributed by atoms with van der Waals surface area (Å²) in [6, 6.07) is 1.89. The van der Waals surface area contributed by atoms with Crippen LogP contribution in [0.5, 0.6) is 0 Å². The van der Waals surface area contributed by atoms with Crippen molar-refractivity contribution < 1.29 is 9.52 Å². The lowest BCUT2D eigenvalue weighted by Gasteiger charge is -2.08. The molecule has 1 heterocycles. The minimum Gasteiger partial charge on any atom is -0.472 e. The van der Waals surface area contributed by atoms with Crippen molar-refractivity contribution in [3.8, 4) is 0 Å². The Morgan fingerprint density at radius 3 is 2.91 bits per heavy atom. The van der Waals surface area contributed by atoms with Crippen LogP contribution in [0.4, 0.5) is 0 Å². The molecule has 1 rings (SSSR count). The lowest BCUT2D eigenvalue weighted by Crippen LogP contribution is -2.20. The van der Waals surface area contributed by atoms with Crippen LogP contribution in [0.2, 0.25) is 0 Å². The lowest BCUT2D eigenvalue weighted by molar-refractivity contribution is 0.229. The summed E-state index contributed by atoms with van der Waals surface area (Å²) in [7, 11) is 0. The van der Waals surface area contributed by atoms with Gasteiger partial charge in [-0.1, -0.05) is 0 Å². The van der Waals surface area contributed by atoms with Crippen LogP contribution in [0.3, 0.4) is 0 Å². The van der Waals surface area contributed by atoms with Crippen molar-refractivity contribution in [3.63, 3.8) is 0 Å². The average Bonchev–Trinajstić information content (AvgIpc) is 2.52. The zero-order valence-corrected chi connectivity index (χ0v) is 6.36. The Bertz CT molecular complexity index is 180. The molecule has 0 bridgehead atoms. The summed E-state index contributed by atoms with van der Waals surface area (Å²) in [5.41, 5.74) is 6.50. The predicted molar refractivity (Wildman–Crippen MR) is 42.0 cm³/mol. The molecule has 0 aromatic carbocycles. The Hall–Kier alpha value is -0.800. The highest BCUT2D eigenvalue weighted by Gasteiger charge is 2.06. The maximum atomic E-state index is 8.81. The molecule has 1 aromatic rings. The molecule has 3 heteroatoms. The first-order chi connectivity index (χ1) is 5.36. The first-order valence-electron chi connectivity index (χ1n) is 3.68. The first-order valence-corrected chi connectivity index (χ1v) is 3.68. The van der Waals surface area contributed by atoms with Crippen molar-refractivity contribution in [2.24, 2.45) is 11.7 Å². The van der Waals surface area contributed by atoms with Gasteiger partial charge in [0.15, 0.2) is 0 Å². The van der Waals surface area contributed by atoms with Crippen LogP contribution < -0.4 is 5.73 Å². The van der Waals surface area contributed by atoms with Crippen molar-refractivity contribution >= 4 is 0 Å². The molecule has 11 heavy (non-hydrogen) atoms. The van der Waals surface area contributed by atoms with Crippen LogP contribution in [0.25, 0.3) is 0 Å². The van der Waals surface area contributed by atoms with Crippen molar-refractivity contribution in [1.29, 1.82) is 0 Å². The normalized spacial score (nSPS) is 13.3. The van der Waals surface area contributed by atoms with Gasteiger partial charge in [0.2, 0.25) is 0 Å². The van der Waals surface area contributed by atoms with Gasteiger partial charge >= 0.3 is 0 Å². The molecule has 0 unspecified atom stereocenters. The maximum absolute atomic E-state index is 8.81. The molecule has 0 spiro atoms. The van der Waals surface area contributed by atoms with Crippen LogP contribution in [-0.4, -0.2) is 18.3 Å². The molecular weight excluding hydrogens is 142 g/mol. The Kier molecular flexibility index (Phi) is 3.14. The van der Waals surface area contributed by atoms with Gasteiger partial charge in [-0.15, -0.1) is 0 Å². The van der Waals surface area contributed by atoms with Crippen LogP contribution in [-0.2, 0) is 6.42 Å². The van der Waals surface area contributed by atoms with Crippen LogP contribution in [0.1, 0.15) is 5.56 Å². The van der Waals surface area contributed by atoms with E-state index < -0.39 is 0 Å². The fourth-order valence-corrected chi connectivity index (χ4v) is 0.965. The lowest BCUT2D eigenvalue weighted by atomic mass is 10.0. The fraction of sp³-hybridized carbons (Fsp3) is 0.500. The summed E-state index contributed by atoms with van der Waals surface area (Å²) in [5.74, 6) is 0.160. The van der Waals surface area contributed by atoms with Gasteiger partial charge in [-0.25, -0.2) is 0 Å². The molecule has 3 N–H and O–H groups in total. The third-order valence-corrected chi connectivity index (χ3v) is 1.70. The van der Waals surface area contributed by atoms with Crippen LogP contribution in [0.15, 0.2) is 23.0 Å². The molecule has 62 valence electrons. The number of nitrogens with two attached hydrogens (primary N) is 1. The van der Waals surface area contributed by atoms with E-state index >= 15 is 0 Å². The minimum atomic E-state index is 0.141. The van der Waals surface area contributed by atoms with Crippen molar-refractivity contribution in [3.05, 3.63) is 24.2 Å². The van der Waals surface area contributed by atoms with Gasteiger partial charge in [0, 0.05) is 6.61 Å². The monoisotopic (exact) mass is 155 g/mol. The van der Waals surface area contributed by atoms with E-state index in [2.05, 4.69) is 0 Å². The third kappa shape index (κ3) is 2.37. The van der Waals surface area contributed by atoms with E-state index in [0.29, 0.717) is 6.54 Å². The molecule has 3 nitrogen and oxygen atoms in total. The number of rotatable bonds is 4. The van der Waals surface area contributed by atoms with Gasteiger partial charge in [-0.3, -0.25) is 0 Å². The molecular formula is C8H13NO2. The van der Waals surface area contributed by atoms with Gasteiger partial charge in [0.25, 0.3) is 0 Å². The average molecular weight is 155 g/mol. The highest BCUT2D eigenvalue weighted by Crippen LogP contribution is 2.07. The van der Waals surface area contributed by atoms with Crippen molar-refractivity contribution in [2.45, 2.75) is 6.42 Å². The molecule has 0 aliphatic heterocycles. The summed E-state index contributed by atoms with van der Waals surface area (Å²) < 4.78 is 4.88. The van der Waals surface area contributed by atoms with Gasteiger partial charge in [-0.2, -0.15) is 0 Å². The van der Waals surface area contributed by atoms with Crippen molar-refractivity contribution in [2.75, 3.05) is 13.2 Å². The molecule has 0 aliphatic carbocycles. The maximum Gasteiger partial charge on any atom is 0.0934 e. The van der Waals surface area contributed by atoms with Crippen LogP contribution in [0, 0.1) is 5.92 Å². The summed E-state index contributed by atoms with van der Waals surface area (Å²) in [6.07, 6.45) is 4.10. The summed E-state index contributed by atoms with van der Waals surface area (Å²) in [6.45, 7) is 0.656. The molecule has 0 aliphatic rings. The Morgan fingerprint density at radius 1 is 1.64 bits per heavy atom. The Labute approximate surface area is 65.8 Å². The van der Waals surface area contributed by atoms with E-state index in [1.165, 1.54) is 0 Å². The second-order valence-corrected chi connectivity index (χ2v) is 2.62. The molecule has 1 atom stereocenters. The Morgan fingerprint density at radius 2 is 2.45 bits per heavy atom. The second-order valence-electron chi connectivity index (χ2n) is 2.62. The van der Waals surface area contributed by atoms with E-state index in [1.54, 1.807) is 12.5 Å². The van der Waals surface area contributed by atoms with Crippen molar-refractivity contribution in [1.82, 2.24) is 0 Å². The molecule has 1 aromatic heterocycles. The number of aliphatic hydroxyl groups excluding tert-OH is 1. The van der Waals surface area contributed by atoms with Crippen LogP contribution >= 0.6 is 0 Å². The smallest absolute Gasteiger partial charge is 0.0934 e. The second kappa shape index (κ2) is 4.16. The largest absolute Gasteiger partial charge is 0.472 e. The molecule has 0 fully saturated rings. The van der Waals surface area contributed by atoms with E-state index in [0.717, 1.165) is 12.0 Å². The van der Waals surface area contributed by atoms with E-state index in [9.17, 15) is 0 Å². The Balaban J connectivity index is 2.41. The highest BCUT2D eigenvalue weighted by atomic mass is 16.3. The van der Waals surface area contributed by atoms with E-state index in [-0.39, 0.29) is 12.5 Å². The standard InChI is InChI=1S/C8H13NO2/c9-4-8(5-10)3-7-1-2-11-6-7/h1-2,6,8,10H,3-5,9H2/t8-/m1/s1. The number of hydrogen-bond acceptors (Lipinski definition) is 3. The number of furan rings is 1. The van der Waals surface area contributed by atoms with E-state index in [4.69, 9.17) is 15.3 Å². The molecule has 0 radical (unpaired) electrons. The summed E-state index contributed by atoms with van der Waals surface area (Å²) in [4.78, 5) is 0. The third-order valence-electron chi connectivity index (χ3n) is 1.70. The number of hydrogen-bond donors (Lipinski definition) is 2. The SMILES string of the molecule is NC[C@H](CO)Cc1ccoc1. The minimum absolute atomic E-state index is 0.141. The molecule has 0 amide bonds. The summed E-state index contributed by atoms with van der Waals surface area (Å²) >= 11 is 0. The topological polar surface area (TPSA) is 59.4 Å². The zero-order valence-electron chi connectivity index (χ0n) is 6.36. The predicted octanol–water partition coefficient (Wildman–Crippen LogP) is 0.389. The van der Waals surface area contributed by atoms with E-state index in [1.807, 2.05) is 6.07 Å². The van der Waals surface area contributed by atoms with Gasteiger partial charge in [0.1, 0.15) is 0 Å². The fourth-order valence-electron chi connectivity index (χ4n) is 0.965. The first kappa shape index (κ1) is 8.30. The number of aliphatic hydroxyl groups is 1. The zero-order chi connectivity index (χ0) is 8.10. The van der Waals surface area contributed by atoms with Gasteiger partial charge in [-0.05, 0) is 30.5 Å². The molecule has 0 saturated heterocycles. The molecule has 0 saturated carbocycles. The quantitative estimate of drug-likeness (QED) is 0.661. The van der Waals surface area contributed by atoms with Gasteiger partial charge < -0.3 is 15.3 Å².